The summed E-state index contributed by atoms with van der Waals surface area (Å²) in [5.41, 5.74) is 4.71. The average molecular weight is 461 g/mol. The molecule has 6 nitrogen and oxygen atoms in total. The topological polar surface area (TPSA) is 50.7 Å². The first-order chi connectivity index (χ1) is 16.5. The van der Waals surface area contributed by atoms with Gasteiger partial charge in [0, 0.05) is 37.6 Å². The van der Waals surface area contributed by atoms with E-state index in [1.54, 1.807) is 7.11 Å². The van der Waals surface area contributed by atoms with Crippen LogP contribution in [0.2, 0.25) is 0 Å². The number of rotatable bonds is 5. The molecule has 2 fully saturated rings. The van der Waals surface area contributed by atoms with Crippen LogP contribution in [0.1, 0.15) is 42.5 Å². The predicted octanol–water partition coefficient (Wildman–Crippen LogP) is 5.08. The summed E-state index contributed by atoms with van der Waals surface area (Å²) in [4.78, 5) is 14.8. The smallest absolute Gasteiger partial charge is 0.226 e. The Morgan fingerprint density at radius 1 is 0.824 bits per heavy atom. The summed E-state index contributed by atoms with van der Waals surface area (Å²) in [6.45, 7) is 10.6. The second-order valence-electron chi connectivity index (χ2n) is 9.78. The van der Waals surface area contributed by atoms with Crippen LogP contribution < -0.4 is 14.4 Å². The number of hydrogen-bond donors (Lipinski definition) is 0. The molecule has 6 heteroatoms. The molecule has 5 rings (SSSR count). The fraction of sp³-hybridized carbons (Fsp3) is 0.500. The van der Waals surface area contributed by atoms with Crippen molar-refractivity contribution in [3.63, 3.8) is 0 Å². The minimum absolute atomic E-state index is 0.258. The maximum Gasteiger partial charge on any atom is 0.226 e. The zero-order valence-corrected chi connectivity index (χ0v) is 20.9. The van der Waals surface area contributed by atoms with E-state index < -0.39 is 0 Å². The molecule has 1 aromatic heterocycles. The number of anilines is 1. The molecule has 0 atom stereocenters. The number of ether oxygens (including phenoxy) is 2. The molecule has 0 saturated carbocycles. The van der Waals surface area contributed by atoms with Gasteiger partial charge in [-0.25, -0.2) is 9.97 Å². The monoisotopic (exact) mass is 460 g/mol. The van der Waals surface area contributed by atoms with Gasteiger partial charge in [-0.1, -0.05) is 12.1 Å². The Hall–Kier alpha value is -2.86. The number of aryl methyl sites for hydroxylation is 3. The molecule has 2 aliphatic heterocycles. The van der Waals surface area contributed by atoms with Gasteiger partial charge in [0.2, 0.25) is 5.95 Å². The standard InChI is InChI=1S/C28H36N4O2/c1-19-17-24-21(3)29-28(30-25(24)18-20(19)2)32-13-9-22(10-14-32)31-15-11-23(12-16-31)34-27-8-6-5-7-26(27)33-4/h5-8,17-18,22-23H,9-16H2,1-4H3. The molecule has 180 valence electrons. The molecule has 0 spiro atoms. The fourth-order valence-electron chi connectivity index (χ4n) is 5.35. The predicted molar refractivity (Wildman–Crippen MR) is 137 cm³/mol. The number of benzene rings is 2. The summed E-state index contributed by atoms with van der Waals surface area (Å²) in [7, 11) is 1.70. The van der Waals surface area contributed by atoms with Crippen LogP contribution in [0.3, 0.4) is 0 Å². The van der Waals surface area contributed by atoms with Gasteiger partial charge in [-0.15, -0.1) is 0 Å². The van der Waals surface area contributed by atoms with Gasteiger partial charge in [0.15, 0.2) is 11.5 Å². The van der Waals surface area contributed by atoms with Crippen LogP contribution >= 0.6 is 0 Å². The SMILES string of the molecule is COc1ccccc1OC1CCN(C2CCN(c3nc(C)c4cc(C)c(C)cc4n3)CC2)CC1. The van der Waals surface area contributed by atoms with Crippen LogP contribution in [0.4, 0.5) is 5.95 Å². The number of hydrogen-bond acceptors (Lipinski definition) is 6. The van der Waals surface area contributed by atoms with Gasteiger partial charge in [0.25, 0.3) is 0 Å². The molecule has 0 amide bonds. The number of para-hydroxylation sites is 2. The Morgan fingerprint density at radius 2 is 1.50 bits per heavy atom. The van der Waals surface area contributed by atoms with Gasteiger partial charge < -0.3 is 14.4 Å². The van der Waals surface area contributed by atoms with Crippen LogP contribution in [-0.4, -0.2) is 60.3 Å². The summed E-state index contributed by atoms with van der Waals surface area (Å²) in [5.74, 6) is 2.55. The molecular formula is C28H36N4O2. The van der Waals surface area contributed by atoms with E-state index in [1.807, 2.05) is 24.3 Å². The summed E-state index contributed by atoms with van der Waals surface area (Å²) in [6, 6.07) is 13.0. The largest absolute Gasteiger partial charge is 0.493 e. The summed E-state index contributed by atoms with van der Waals surface area (Å²) in [6.07, 6.45) is 4.69. The third-order valence-electron chi connectivity index (χ3n) is 7.59. The molecule has 3 aromatic rings. The molecule has 0 unspecified atom stereocenters. The second kappa shape index (κ2) is 9.79. The van der Waals surface area contributed by atoms with E-state index in [0.717, 1.165) is 80.5 Å². The quantitative estimate of drug-likeness (QED) is 0.530. The summed E-state index contributed by atoms with van der Waals surface area (Å²) >= 11 is 0. The van der Waals surface area contributed by atoms with Crippen molar-refractivity contribution in [3.05, 3.63) is 53.2 Å². The summed E-state index contributed by atoms with van der Waals surface area (Å²) < 4.78 is 11.7. The van der Waals surface area contributed by atoms with Crippen molar-refractivity contribution in [2.75, 3.05) is 38.2 Å². The highest BCUT2D eigenvalue weighted by Crippen LogP contribution is 2.30. The van der Waals surface area contributed by atoms with E-state index in [1.165, 1.54) is 16.5 Å². The van der Waals surface area contributed by atoms with E-state index in [0.29, 0.717) is 6.04 Å². The lowest BCUT2D eigenvalue weighted by atomic mass is 9.99. The highest BCUT2D eigenvalue weighted by molar-refractivity contribution is 5.83. The third kappa shape index (κ3) is 4.69. The lowest BCUT2D eigenvalue weighted by molar-refractivity contribution is 0.0658. The van der Waals surface area contributed by atoms with Crippen LogP contribution in [-0.2, 0) is 0 Å². The van der Waals surface area contributed by atoms with Crippen molar-refractivity contribution in [1.82, 2.24) is 14.9 Å². The fourth-order valence-corrected chi connectivity index (χ4v) is 5.35. The first kappa shape index (κ1) is 22.9. The Morgan fingerprint density at radius 3 is 2.21 bits per heavy atom. The second-order valence-corrected chi connectivity index (χ2v) is 9.78. The number of nitrogens with zero attached hydrogens (tertiary/aromatic N) is 4. The molecule has 0 bridgehead atoms. The average Bonchev–Trinajstić information content (AvgIpc) is 2.86. The van der Waals surface area contributed by atoms with Crippen molar-refractivity contribution >= 4 is 16.9 Å². The highest BCUT2D eigenvalue weighted by Gasteiger charge is 2.30. The lowest BCUT2D eigenvalue weighted by Crippen LogP contribution is -2.49. The zero-order chi connectivity index (χ0) is 23.7. The number of methoxy groups -OCH3 is 1. The third-order valence-corrected chi connectivity index (χ3v) is 7.59. The number of aromatic nitrogens is 2. The van der Waals surface area contributed by atoms with Gasteiger partial charge in [0.1, 0.15) is 6.10 Å². The molecule has 2 saturated heterocycles. The van der Waals surface area contributed by atoms with E-state index in [4.69, 9.17) is 19.4 Å². The van der Waals surface area contributed by atoms with Gasteiger partial charge in [-0.05, 0) is 81.8 Å². The van der Waals surface area contributed by atoms with E-state index >= 15 is 0 Å². The van der Waals surface area contributed by atoms with E-state index in [2.05, 4.69) is 42.7 Å². The number of fused-ring (bicyclic) bond motifs is 1. The first-order valence-electron chi connectivity index (χ1n) is 12.6. The Kier molecular flexibility index (Phi) is 6.59. The van der Waals surface area contributed by atoms with Gasteiger partial charge in [-0.3, -0.25) is 4.90 Å². The molecule has 3 heterocycles. The van der Waals surface area contributed by atoms with Crippen LogP contribution in [0.15, 0.2) is 36.4 Å². The molecule has 34 heavy (non-hydrogen) atoms. The molecule has 2 aromatic carbocycles. The molecular weight excluding hydrogens is 424 g/mol. The maximum atomic E-state index is 6.27. The van der Waals surface area contributed by atoms with Crippen molar-refractivity contribution in [2.45, 2.75) is 58.6 Å². The Balaban J connectivity index is 1.17. The van der Waals surface area contributed by atoms with E-state index in [9.17, 15) is 0 Å². The zero-order valence-electron chi connectivity index (χ0n) is 20.9. The molecule has 0 radical (unpaired) electrons. The number of piperidine rings is 2. The van der Waals surface area contributed by atoms with Crippen LogP contribution in [0, 0.1) is 20.8 Å². The Labute approximate surface area is 202 Å². The van der Waals surface area contributed by atoms with Crippen molar-refractivity contribution in [2.24, 2.45) is 0 Å². The molecule has 0 aliphatic carbocycles. The lowest BCUT2D eigenvalue weighted by Gasteiger charge is -2.41. The van der Waals surface area contributed by atoms with Gasteiger partial charge in [0.05, 0.1) is 18.3 Å². The van der Waals surface area contributed by atoms with E-state index in [-0.39, 0.29) is 6.10 Å². The van der Waals surface area contributed by atoms with Crippen molar-refractivity contribution in [1.29, 1.82) is 0 Å². The number of likely N-dealkylation sites (tertiary alicyclic amines) is 1. The maximum absolute atomic E-state index is 6.27. The van der Waals surface area contributed by atoms with Crippen molar-refractivity contribution < 1.29 is 9.47 Å². The van der Waals surface area contributed by atoms with Crippen molar-refractivity contribution in [3.8, 4) is 11.5 Å². The Bertz CT molecular complexity index is 1150. The first-order valence-corrected chi connectivity index (χ1v) is 12.6. The molecule has 2 aliphatic rings. The molecule has 0 N–H and O–H groups in total. The minimum Gasteiger partial charge on any atom is -0.493 e. The highest BCUT2D eigenvalue weighted by atomic mass is 16.5. The summed E-state index contributed by atoms with van der Waals surface area (Å²) in [5, 5.41) is 1.17. The van der Waals surface area contributed by atoms with Crippen LogP contribution in [0.5, 0.6) is 11.5 Å². The van der Waals surface area contributed by atoms with Crippen LogP contribution in [0.25, 0.3) is 10.9 Å². The van der Waals surface area contributed by atoms with Gasteiger partial charge in [-0.2, -0.15) is 0 Å². The minimum atomic E-state index is 0.258. The van der Waals surface area contributed by atoms with Gasteiger partial charge >= 0.3 is 0 Å². The normalized spacial score (nSPS) is 18.4.